The summed E-state index contributed by atoms with van der Waals surface area (Å²) >= 11 is 0.134. The fourth-order valence-corrected chi connectivity index (χ4v) is 2.10. The third kappa shape index (κ3) is 4.17. The largest absolute Gasteiger partial charge is 0.481 e. The molecule has 0 aliphatic rings. The van der Waals surface area contributed by atoms with Crippen LogP contribution < -0.4 is 0 Å². The third-order valence-electron chi connectivity index (χ3n) is 1.89. The van der Waals surface area contributed by atoms with Gasteiger partial charge in [-0.2, -0.15) is 13.2 Å². The Morgan fingerprint density at radius 1 is 1.28 bits per heavy atom. The minimum absolute atomic E-state index is 0.134. The molecule has 0 saturated heterocycles. The number of hydrogen-bond donors (Lipinski definition) is 1. The van der Waals surface area contributed by atoms with Gasteiger partial charge in [0.15, 0.2) is 11.6 Å². The molecule has 1 unspecified atom stereocenters. The van der Waals surface area contributed by atoms with Gasteiger partial charge >= 0.3 is 12.1 Å². The van der Waals surface area contributed by atoms with Crippen LogP contribution in [0.2, 0.25) is 0 Å². The maximum Gasteiger partial charge on any atom is 0.401 e. The second-order valence-electron chi connectivity index (χ2n) is 3.32. The molecule has 2 nitrogen and oxygen atoms in total. The van der Waals surface area contributed by atoms with Gasteiger partial charge in [0.1, 0.15) is 5.25 Å². The summed E-state index contributed by atoms with van der Waals surface area (Å²) in [4.78, 5) is 10.1. The first kappa shape index (κ1) is 14.7. The van der Waals surface area contributed by atoms with Crippen LogP contribution in [0.1, 0.15) is 6.42 Å². The summed E-state index contributed by atoms with van der Waals surface area (Å²) in [6, 6.07) is 2.25. The molecule has 100 valence electrons. The fraction of sp³-hybridized carbons (Fsp3) is 0.300. The molecule has 0 saturated carbocycles. The SMILES string of the molecule is O=C(O)CC(Sc1ccc(F)c(F)c1)C(F)(F)F. The molecule has 0 aliphatic heterocycles. The van der Waals surface area contributed by atoms with Gasteiger partial charge in [-0.25, -0.2) is 8.78 Å². The molecule has 0 fully saturated rings. The molecule has 8 heteroatoms. The number of rotatable bonds is 4. The zero-order valence-electron chi connectivity index (χ0n) is 8.67. The highest BCUT2D eigenvalue weighted by Gasteiger charge is 2.41. The minimum Gasteiger partial charge on any atom is -0.481 e. The van der Waals surface area contributed by atoms with Crippen LogP contribution in [0.3, 0.4) is 0 Å². The molecule has 0 heterocycles. The highest BCUT2D eigenvalue weighted by atomic mass is 32.2. The number of benzene rings is 1. The third-order valence-corrected chi connectivity index (χ3v) is 3.14. The maximum atomic E-state index is 12.8. The van der Waals surface area contributed by atoms with E-state index in [0.29, 0.717) is 12.1 Å². The highest BCUT2D eigenvalue weighted by Crippen LogP contribution is 2.37. The number of aliphatic carboxylic acids is 1. The summed E-state index contributed by atoms with van der Waals surface area (Å²) in [5, 5.41) is 6.17. The molecule has 1 rings (SSSR count). The molecule has 1 atom stereocenters. The van der Waals surface area contributed by atoms with E-state index >= 15 is 0 Å². The van der Waals surface area contributed by atoms with Crippen molar-refractivity contribution in [2.75, 3.05) is 0 Å². The van der Waals surface area contributed by atoms with Gasteiger partial charge < -0.3 is 5.11 Å². The summed E-state index contributed by atoms with van der Waals surface area (Å²) in [7, 11) is 0. The predicted octanol–water partition coefficient (Wildman–Crippen LogP) is 3.46. The summed E-state index contributed by atoms with van der Waals surface area (Å²) in [6.07, 6.45) is -5.89. The Labute approximate surface area is 103 Å². The molecule has 0 spiro atoms. The zero-order valence-corrected chi connectivity index (χ0v) is 9.49. The van der Waals surface area contributed by atoms with E-state index < -0.39 is 35.5 Å². The molecule has 1 N–H and O–H groups in total. The van der Waals surface area contributed by atoms with Crippen molar-refractivity contribution < 1.29 is 31.9 Å². The van der Waals surface area contributed by atoms with E-state index in [1.54, 1.807) is 0 Å². The van der Waals surface area contributed by atoms with Crippen LogP contribution in [0.15, 0.2) is 23.1 Å². The summed E-state index contributed by atoms with van der Waals surface area (Å²) < 4.78 is 62.9. The Morgan fingerprint density at radius 3 is 2.33 bits per heavy atom. The molecule has 18 heavy (non-hydrogen) atoms. The van der Waals surface area contributed by atoms with Gasteiger partial charge in [0.2, 0.25) is 0 Å². The average Bonchev–Trinajstić information content (AvgIpc) is 2.20. The Morgan fingerprint density at radius 2 is 1.89 bits per heavy atom. The van der Waals surface area contributed by atoms with E-state index in [9.17, 15) is 26.7 Å². The lowest BCUT2D eigenvalue weighted by Crippen LogP contribution is -2.28. The van der Waals surface area contributed by atoms with Crippen molar-refractivity contribution in [1.82, 2.24) is 0 Å². The van der Waals surface area contributed by atoms with E-state index in [4.69, 9.17) is 5.11 Å². The molecule has 1 aromatic carbocycles. The number of alkyl halides is 3. The minimum atomic E-state index is -4.74. The van der Waals surface area contributed by atoms with Gasteiger partial charge in [0.05, 0.1) is 6.42 Å². The lowest BCUT2D eigenvalue weighted by molar-refractivity contribution is -0.149. The molecule has 0 radical (unpaired) electrons. The van der Waals surface area contributed by atoms with Crippen LogP contribution >= 0.6 is 11.8 Å². The van der Waals surface area contributed by atoms with E-state index in [2.05, 4.69) is 0 Å². The van der Waals surface area contributed by atoms with Crippen molar-refractivity contribution in [3.63, 3.8) is 0 Å². The molecule has 0 amide bonds. The first-order chi connectivity index (χ1) is 8.20. The van der Waals surface area contributed by atoms with E-state index in [1.165, 1.54) is 0 Å². The van der Waals surface area contributed by atoms with Crippen molar-refractivity contribution >= 4 is 17.7 Å². The van der Waals surface area contributed by atoms with Gasteiger partial charge in [0, 0.05) is 4.90 Å². The average molecular weight is 286 g/mol. The standard InChI is InChI=1S/C10H7F5O2S/c11-6-2-1-5(3-7(6)12)18-8(4-9(16)17)10(13,14)15/h1-3,8H,4H2,(H,16,17). The van der Waals surface area contributed by atoms with Crippen LogP contribution in [-0.4, -0.2) is 22.5 Å². The van der Waals surface area contributed by atoms with Crippen molar-refractivity contribution in [1.29, 1.82) is 0 Å². The Hall–Kier alpha value is -1.31. The number of carboxylic acid groups (broad SMARTS) is 1. The number of thioether (sulfide) groups is 1. The van der Waals surface area contributed by atoms with Crippen LogP contribution in [0.4, 0.5) is 22.0 Å². The predicted molar refractivity (Wildman–Crippen MR) is 54.3 cm³/mol. The van der Waals surface area contributed by atoms with E-state index in [-0.39, 0.29) is 16.7 Å². The number of hydrogen-bond acceptors (Lipinski definition) is 2. The normalized spacial score (nSPS) is 13.4. The van der Waals surface area contributed by atoms with Gasteiger partial charge in [0.25, 0.3) is 0 Å². The lowest BCUT2D eigenvalue weighted by Gasteiger charge is -2.17. The molecular formula is C10H7F5O2S. The highest BCUT2D eigenvalue weighted by molar-refractivity contribution is 8.00. The fourth-order valence-electron chi connectivity index (χ4n) is 1.10. The maximum absolute atomic E-state index is 12.8. The molecule has 0 aliphatic carbocycles. The number of halogens is 5. The van der Waals surface area contributed by atoms with Crippen LogP contribution in [0, 0.1) is 11.6 Å². The Balaban J connectivity index is 2.89. The van der Waals surface area contributed by atoms with Gasteiger partial charge in [-0.1, -0.05) is 0 Å². The summed E-state index contributed by atoms with van der Waals surface area (Å²) in [5.41, 5.74) is 0. The molecular weight excluding hydrogens is 279 g/mol. The zero-order chi connectivity index (χ0) is 13.9. The van der Waals surface area contributed by atoms with Crippen molar-refractivity contribution in [3.8, 4) is 0 Å². The van der Waals surface area contributed by atoms with Crippen molar-refractivity contribution in [3.05, 3.63) is 29.8 Å². The lowest BCUT2D eigenvalue weighted by atomic mass is 10.3. The summed E-state index contributed by atoms with van der Waals surface area (Å²) in [6.45, 7) is 0. The first-order valence-corrected chi connectivity index (χ1v) is 5.48. The van der Waals surface area contributed by atoms with E-state index in [1.807, 2.05) is 0 Å². The number of carboxylic acids is 1. The molecule has 0 aromatic heterocycles. The second kappa shape index (κ2) is 5.55. The monoisotopic (exact) mass is 286 g/mol. The van der Waals surface area contributed by atoms with Gasteiger partial charge in [-0.3, -0.25) is 4.79 Å². The smallest absolute Gasteiger partial charge is 0.401 e. The summed E-state index contributed by atoms with van der Waals surface area (Å²) in [5.74, 6) is -4.08. The molecule has 1 aromatic rings. The van der Waals surface area contributed by atoms with E-state index in [0.717, 1.165) is 6.07 Å². The second-order valence-corrected chi connectivity index (χ2v) is 4.60. The van der Waals surface area contributed by atoms with Gasteiger partial charge in [-0.15, -0.1) is 11.8 Å². The topological polar surface area (TPSA) is 37.3 Å². The number of carbonyl (C=O) groups is 1. The first-order valence-electron chi connectivity index (χ1n) is 4.60. The van der Waals surface area contributed by atoms with Crippen molar-refractivity contribution in [2.24, 2.45) is 0 Å². The van der Waals surface area contributed by atoms with Crippen LogP contribution in [0.25, 0.3) is 0 Å². The quantitative estimate of drug-likeness (QED) is 0.680. The van der Waals surface area contributed by atoms with Crippen LogP contribution in [0.5, 0.6) is 0 Å². The Kier molecular flexibility index (Phi) is 4.55. The van der Waals surface area contributed by atoms with Gasteiger partial charge in [-0.05, 0) is 18.2 Å². The Bertz CT molecular complexity index is 446. The molecule has 0 bridgehead atoms. The van der Waals surface area contributed by atoms with Crippen molar-refractivity contribution in [2.45, 2.75) is 22.7 Å². The van der Waals surface area contributed by atoms with Crippen LogP contribution in [-0.2, 0) is 4.79 Å².